The van der Waals surface area contributed by atoms with Crippen molar-refractivity contribution in [1.82, 2.24) is 9.78 Å². The molecule has 4 heteroatoms. The van der Waals surface area contributed by atoms with Crippen molar-refractivity contribution >= 4 is 5.78 Å². The highest BCUT2D eigenvalue weighted by Gasteiger charge is 2.40. The molecule has 0 saturated heterocycles. The summed E-state index contributed by atoms with van der Waals surface area (Å²) in [6.07, 6.45) is 3.63. The molecule has 1 fully saturated rings. The minimum atomic E-state index is -0.261. The van der Waals surface area contributed by atoms with Gasteiger partial charge in [0, 0.05) is 12.3 Å². The normalized spacial score (nSPS) is 20.0. The monoisotopic (exact) mass is 298 g/mol. The highest BCUT2D eigenvalue weighted by atomic mass is 19.1. The average Bonchev–Trinajstić information content (AvgIpc) is 3.21. The zero-order valence-corrected chi connectivity index (χ0v) is 12.9. The Kier molecular flexibility index (Phi) is 2.80. The summed E-state index contributed by atoms with van der Waals surface area (Å²) in [5.74, 6) is 0.380. The number of benzene rings is 1. The molecule has 1 heterocycles. The highest BCUT2D eigenvalue weighted by Crippen LogP contribution is 2.45. The summed E-state index contributed by atoms with van der Waals surface area (Å²) in [7, 11) is 0. The number of rotatable bonds is 2. The Morgan fingerprint density at radius 2 is 1.86 bits per heavy atom. The molecule has 1 aromatic carbocycles. The number of hydrogen-bond acceptors (Lipinski definition) is 2. The average molecular weight is 298 g/mol. The number of Topliss-reactive ketones (excluding diaryl/α,β-unsaturated/α-hetero) is 1. The van der Waals surface area contributed by atoms with E-state index < -0.39 is 0 Å². The predicted molar refractivity (Wildman–Crippen MR) is 81.9 cm³/mol. The molecule has 1 saturated carbocycles. The lowest BCUT2D eigenvalue weighted by Crippen LogP contribution is -2.28. The van der Waals surface area contributed by atoms with E-state index in [1.165, 1.54) is 12.1 Å². The Hall–Kier alpha value is -1.97. The number of nitrogens with zero attached hydrogens (tertiary/aromatic N) is 2. The number of ketones is 1. The first-order valence-electron chi connectivity index (χ1n) is 7.85. The summed E-state index contributed by atoms with van der Waals surface area (Å²) in [6.45, 7) is 4.24. The maximum absolute atomic E-state index is 13.2. The van der Waals surface area contributed by atoms with Crippen molar-refractivity contribution in [3.63, 3.8) is 0 Å². The predicted octanol–water partition coefficient (Wildman–Crippen LogP) is 4.04. The molecule has 114 valence electrons. The summed E-state index contributed by atoms with van der Waals surface area (Å²) in [4.78, 5) is 12.6. The number of carbonyl (C=O) groups is 1. The third-order valence-corrected chi connectivity index (χ3v) is 4.61. The minimum absolute atomic E-state index is 0.0529. The van der Waals surface area contributed by atoms with Crippen LogP contribution in [0.5, 0.6) is 0 Å². The summed E-state index contributed by atoms with van der Waals surface area (Å²) >= 11 is 0. The molecule has 2 aliphatic carbocycles. The van der Waals surface area contributed by atoms with Crippen LogP contribution in [0.1, 0.15) is 60.8 Å². The van der Waals surface area contributed by atoms with E-state index in [1.807, 2.05) is 4.68 Å². The molecule has 0 radical (unpaired) electrons. The largest absolute Gasteiger partial charge is 0.294 e. The second kappa shape index (κ2) is 4.51. The van der Waals surface area contributed by atoms with Crippen molar-refractivity contribution in [2.75, 3.05) is 0 Å². The van der Waals surface area contributed by atoms with Gasteiger partial charge in [-0.3, -0.25) is 4.79 Å². The van der Waals surface area contributed by atoms with E-state index in [2.05, 4.69) is 13.8 Å². The number of hydrogen-bond donors (Lipinski definition) is 0. The molecule has 1 aromatic heterocycles. The van der Waals surface area contributed by atoms with E-state index in [-0.39, 0.29) is 17.0 Å². The zero-order valence-electron chi connectivity index (χ0n) is 12.9. The summed E-state index contributed by atoms with van der Waals surface area (Å²) in [5.41, 5.74) is 3.57. The van der Waals surface area contributed by atoms with Gasteiger partial charge in [0.05, 0.1) is 22.6 Å². The van der Waals surface area contributed by atoms with Gasteiger partial charge in [-0.1, -0.05) is 13.8 Å². The van der Waals surface area contributed by atoms with Crippen LogP contribution < -0.4 is 0 Å². The molecule has 0 unspecified atom stereocenters. The minimum Gasteiger partial charge on any atom is -0.294 e. The van der Waals surface area contributed by atoms with Crippen LogP contribution in [0.25, 0.3) is 5.69 Å². The number of aromatic nitrogens is 2. The standard InChI is InChI=1S/C18H19FN2O/c1-18(2)9-14-16(15(22)10-18)17(11-3-4-11)20-21(14)13-7-5-12(19)6-8-13/h5-8,11H,3-4,9-10H2,1-2H3. The van der Waals surface area contributed by atoms with E-state index in [0.717, 1.165) is 41.9 Å². The molecule has 0 spiro atoms. The molecular formula is C18H19FN2O. The SMILES string of the molecule is CC1(C)CC(=O)c2c(C3CC3)nn(-c3ccc(F)cc3)c2C1. The van der Waals surface area contributed by atoms with Gasteiger partial charge in [-0.25, -0.2) is 9.07 Å². The molecule has 4 rings (SSSR count). The van der Waals surface area contributed by atoms with Gasteiger partial charge in [0.1, 0.15) is 5.82 Å². The van der Waals surface area contributed by atoms with Gasteiger partial charge in [-0.2, -0.15) is 5.10 Å². The summed E-state index contributed by atoms with van der Waals surface area (Å²) in [5, 5.41) is 4.74. The van der Waals surface area contributed by atoms with Gasteiger partial charge in [0.15, 0.2) is 5.78 Å². The Labute approximate surface area is 129 Å². The van der Waals surface area contributed by atoms with Gasteiger partial charge in [-0.05, 0) is 48.9 Å². The molecule has 0 bridgehead atoms. The fraction of sp³-hybridized carbons (Fsp3) is 0.444. The maximum atomic E-state index is 13.2. The van der Waals surface area contributed by atoms with Crippen molar-refractivity contribution in [2.45, 2.75) is 45.4 Å². The Bertz CT molecular complexity index is 754. The van der Waals surface area contributed by atoms with Crippen molar-refractivity contribution in [2.24, 2.45) is 5.41 Å². The molecular weight excluding hydrogens is 279 g/mol. The molecule has 0 atom stereocenters. The van der Waals surface area contributed by atoms with Crippen molar-refractivity contribution in [3.05, 3.63) is 47.0 Å². The third-order valence-electron chi connectivity index (χ3n) is 4.61. The Morgan fingerprint density at radius 1 is 1.18 bits per heavy atom. The lowest BCUT2D eigenvalue weighted by molar-refractivity contribution is 0.0910. The van der Waals surface area contributed by atoms with Crippen molar-refractivity contribution in [3.8, 4) is 5.69 Å². The number of carbonyl (C=O) groups excluding carboxylic acids is 1. The topological polar surface area (TPSA) is 34.9 Å². The second-order valence-corrected chi connectivity index (χ2v) is 7.31. The van der Waals surface area contributed by atoms with Crippen LogP contribution in [0, 0.1) is 11.2 Å². The van der Waals surface area contributed by atoms with Crippen molar-refractivity contribution in [1.29, 1.82) is 0 Å². The first kappa shape index (κ1) is 13.7. The highest BCUT2D eigenvalue weighted by molar-refractivity contribution is 6.00. The maximum Gasteiger partial charge on any atom is 0.167 e. The summed E-state index contributed by atoms with van der Waals surface area (Å²) in [6, 6.07) is 6.34. The van der Waals surface area contributed by atoms with Gasteiger partial charge in [0.2, 0.25) is 0 Å². The van der Waals surface area contributed by atoms with Crippen LogP contribution in [0.3, 0.4) is 0 Å². The lowest BCUT2D eigenvalue weighted by Gasteiger charge is -2.29. The smallest absolute Gasteiger partial charge is 0.167 e. The first-order valence-corrected chi connectivity index (χ1v) is 7.85. The van der Waals surface area contributed by atoms with Crippen LogP contribution in [0.2, 0.25) is 0 Å². The molecule has 2 aliphatic rings. The van der Waals surface area contributed by atoms with Crippen LogP contribution >= 0.6 is 0 Å². The van der Waals surface area contributed by atoms with Gasteiger partial charge in [0.25, 0.3) is 0 Å². The van der Waals surface area contributed by atoms with E-state index >= 15 is 0 Å². The van der Waals surface area contributed by atoms with Crippen molar-refractivity contribution < 1.29 is 9.18 Å². The fourth-order valence-electron chi connectivity index (χ4n) is 3.42. The quantitative estimate of drug-likeness (QED) is 0.838. The molecule has 2 aromatic rings. The van der Waals surface area contributed by atoms with E-state index in [9.17, 15) is 9.18 Å². The molecule has 3 nitrogen and oxygen atoms in total. The number of halogens is 1. The number of fused-ring (bicyclic) bond motifs is 1. The van der Waals surface area contributed by atoms with E-state index in [4.69, 9.17) is 5.10 Å². The molecule has 0 N–H and O–H groups in total. The van der Waals surface area contributed by atoms with Crippen LogP contribution in [0.15, 0.2) is 24.3 Å². The van der Waals surface area contributed by atoms with Gasteiger partial charge < -0.3 is 0 Å². The molecule has 22 heavy (non-hydrogen) atoms. The zero-order chi connectivity index (χ0) is 15.5. The lowest BCUT2D eigenvalue weighted by atomic mass is 9.75. The van der Waals surface area contributed by atoms with Crippen LogP contribution in [0.4, 0.5) is 4.39 Å². The Morgan fingerprint density at radius 3 is 2.50 bits per heavy atom. The molecule has 0 amide bonds. The van der Waals surface area contributed by atoms with E-state index in [0.29, 0.717) is 12.3 Å². The fourth-order valence-corrected chi connectivity index (χ4v) is 3.42. The van der Waals surface area contributed by atoms with Crippen LogP contribution in [-0.4, -0.2) is 15.6 Å². The second-order valence-electron chi connectivity index (χ2n) is 7.31. The van der Waals surface area contributed by atoms with Gasteiger partial charge in [-0.15, -0.1) is 0 Å². The third kappa shape index (κ3) is 2.18. The van der Waals surface area contributed by atoms with Gasteiger partial charge >= 0.3 is 0 Å². The molecule has 0 aliphatic heterocycles. The van der Waals surface area contributed by atoms with E-state index in [1.54, 1.807) is 12.1 Å². The first-order chi connectivity index (χ1) is 10.4. The van der Waals surface area contributed by atoms with Crippen LogP contribution in [-0.2, 0) is 6.42 Å². The summed E-state index contributed by atoms with van der Waals surface area (Å²) < 4.78 is 15.0. The Balaban J connectivity index is 1.90.